The molecule has 0 saturated carbocycles. The number of amides is 1. The van der Waals surface area contributed by atoms with Crippen molar-refractivity contribution in [3.63, 3.8) is 0 Å². The van der Waals surface area contributed by atoms with Gasteiger partial charge in [0.1, 0.15) is 5.56 Å². The average Bonchev–Trinajstić information content (AvgIpc) is 3.27. The quantitative estimate of drug-likeness (QED) is 0.379. The van der Waals surface area contributed by atoms with Crippen molar-refractivity contribution in [2.24, 2.45) is 5.10 Å². The normalized spacial score (nSPS) is 17.5. The summed E-state index contributed by atoms with van der Waals surface area (Å²) in [5.74, 6) is 0.256. The highest BCUT2D eigenvalue weighted by Gasteiger charge is 2.37. The number of carbonyl (C=O) groups is 1. The van der Waals surface area contributed by atoms with Gasteiger partial charge in [0.25, 0.3) is 5.69 Å². The lowest BCUT2D eigenvalue weighted by molar-refractivity contribution is -0.385. The van der Waals surface area contributed by atoms with Gasteiger partial charge in [-0.1, -0.05) is 12.1 Å². The summed E-state index contributed by atoms with van der Waals surface area (Å²) >= 11 is 2.15. The van der Waals surface area contributed by atoms with Crippen LogP contribution in [0.5, 0.6) is 11.5 Å². The first-order valence-corrected chi connectivity index (χ1v) is 8.91. The van der Waals surface area contributed by atoms with Crippen LogP contribution in [0.1, 0.15) is 24.3 Å². The van der Waals surface area contributed by atoms with E-state index in [4.69, 9.17) is 14.2 Å². The Morgan fingerprint density at radius 3 is 2.70 bits per heavy atom. The second-order valence-electron chi connectivity index (χ2n) is 5.77. The van der Waals surface area contributed by atoms with E-state index in [1.807, 2.05) is 18.2 Å². The maximum Gasteiger partial charge on any atom is 0.286 e. The summed E-state index contributed by atoms with van der Waals surface area (Å²) in [7, 11) is 0. The second kappa shape index (κ2) is 6.68. The molecule has 2 heterocycles. The van der Waals surface area contributed by atoms with Gasteiger partial charge in [0, 0.05) is 22.1 Å². The third kappa shape index (κ3) is 3.16. The number of carbonyl (C=O) groups excluding carboxylic acids is 1. The molecule has 0 fully saturated rings. The van der Waals surface area contributed by atoms with Gasteiger partial charge < -0.3 is 14.2 Å². The molecule has 0 aromatic heterocycles. The number of nitro groups is 1. The smallest absolute Gasteiger partial charge is 0.286 e. The first kappa shape index (κ1) is 17.5. The Balaban J connectivity index is 1.78. The predicted octanol–water partition coefficient (Wildman–Crippen LogP) is 3.17. The molecule has 0 N–H and O–H groups in total. The molecule has 2 aromatic carbocycles. The minimum Gasteiger partial charge on any atom is -0.454 e. The molecule has 0 radical (unpaired) electrons. The van der Waals surface area contributed by atoms with E-state index in [2.05, 4.69) is 27.7 Å². The first-order chi connectivity index (χ1) is 12.9. The minimum atomic E-state index is -0.808. The zero-order valence-electron chi connectivity index (χ0n) is 13.9. The van der Waals surface area contributed by atoms with Gasteiger partial charge in [-0.2, -0.15) is 5.01 Å². The lowest BCUT2D eigenvalue weighted by Crippen LogP contribution is -2.25. The van der Waals surface area contributed by atoms with E-state index in [9.17, 15) is 14.9 Å². The molecule has 4 rings (SSSR count). The second-order valence-corrected chi connectivity index (χ2v) is 7.02. The van der Waals surface area contributed by atoms with Gasteiger partial charge in [-0.05, 0) is 34.7 Å². The molecule has 0 bridgehead atoms. The number of nitro benzene ring substituents is 1. The van der Waals surface area contributed by atoms with Crippen LogP contribution in [0.4, 0.5) is 5.69 Å². The number of rotatable bonds is 3. The number of hydrogen-bond donors (Lipinski definition) is 0. The molecule has 0 unspecified atom stereocenters. The highest BCUT2D eigenvalue weighted by atomic mass is 127. The van der Waals surface area contributed by atoms with Crippen molar-refractivity contribution in [3.05, 3.63) is 61.2 Å². The van der Waals surface area contributed by atoms with E-state index in [0.717, 1.165) is 8.58 Å². The molecule has 1 amide bonds. The van der Waals surface area contributed by atoms with Gasteiger partial charge in [0.2, 0.25) is 24.8 Å². The summed E-state index contributed by atoms with van der Waals surface area (Å²) in [5.41, 5.74) is 0.577. The Bertz CT molecular complexity index is 993. The van der Waals surface area contributed by atoms with Crippen LogP contribution in [0.25, 0.3) is 0 Å². The molecule has 0 aliphatic carbocycles. The molecule has 0 saturated heterocycles. The fourth-order valence-corrected chi connectivity index (χ4v) is 3.37. The van der Waals surface area contributed by atoms with Crippen LogP contribution in [-0.4, -0.2) is 28.5 Å². The first-order valence-electron chi connectivity index (χ1n) is 7.83. The van der Waals surface area contributed by atoms with Gasteiger partial charge in [-0.15, -0.1) is 5.10 Å². The highest BCUT2D eigenvalue weighted by molar-refractivity contribution is 14.1. The number of benzene rings is 2. The summed E-state index contributed by atoms with van der Waals surface area (Å²) < 4.78 is 17.3. The van der Waals surface area contributed by atoms with Crippen LogP contribution in [0.3, 0.4) is 0 Å². The fourth-order valence-electron chi connectivity index (χ4n) is 2.81. The van der Waals surface area contributed by atoms with Crippen molar-refractivity contribution in [1.82, 2.24) is 5.01 Å². The Hall–Kier alpha value is -2.89. The summed E-state index contributed by atoms with van der Waals surface area (Å²) in [5, 5.41) is 16.9. The number of hydrazone groups is 1. The average molecular weight is 481 g/mol. The Kier molecular flexibility index (Phi) is 4.34. The zero-order chi connectivity index (χ0) is 19.1. The van der Waals surface area contributed by atoms with Crippen molar-refractivity contribution in [1.29, 1.82) is 0 Å². The van der Waals surface area contributed by atoms with Crippen molar-refractivity contribution in [2.75, 3.05) is 6.79 Å². The van der Waals surface area contributed by atoms with Crippen LogP contribution < -0.4 is 9.47 Å². The molecule has 2 aliphatic heterocycles. The molecule has 10 heteroatoms. The van der Waals surface area contributed by atoms with E-state index in [1.165, 1.54) is 19.1 Å². The maximum absolute atomic E-state index is 12.1. The summed E-state index contributed by atoms with van der Waals surface area (Å²) in [4.78, 5) is 23.0. The number of ether oxygens (including phenoxy) is 3. The third-order valence-electron chi connectivity index (χ3n) is 4.02. The van der Waals surface area contributed by atoms with Crippen molar-refractivity contribution >= 4 is 40.1 Å². The SMILES string of the molecule is CC(=O)N1N=C(c2cc3c(cc2[N+](=O)[O-])OCO3)O[C@@H]1c1cccc(I)c1. The highest BCUT2D eigenvalue weighted by Crippen LogP contribution is 2.40. The minimum absolute atomic E-state index is 0.0199. The predicted molar refractivity (Wildman–Crippen MR) is 101 cm³/mol. The van der Waals surface area contributed by atoms with E-state index in [0.29, 0.717) is 11.3 Å². The van der Waals surface area contributed by atoms with E-state index in [-0.39, 0.29) is 35.6 Å². The zero-order valence-corrected chi connectivity index (χ0v) is 16.1. The maximum atomic E-state index is 12.1. The van der Waals surface area contributed by atoms with Gasteiger partial charge in [0.05, 0.1) is 11.0 Å². The van der Waals surface area contributed by atoms with Crippen molar-refractivity contribution in [2.45, 2.75) is 13.2 Å². The Morgan fingerprint density at radius 1 is 1.30 bits per heavy atom. The van der Waals surface area contributed by atoms with Crippen LogP contribution in [0.2, 0.25) is 0 Å². The number of hydrogen-bond acceptors (Lipinski definition) is 7. The van der Waals surface area contributed by atoms with Gasteiger partial charge in [-0.25, -0.2) is 0 Å². The standard InChI is InChI=1S/C17H12IN3O6/c1-9(22)20-17(10-3-2-4-11(18)5-10)27-16(19-20)12-6-14-15(26-8-25-14)7-13(12)21(23)24/h2-7,17H,8H2,1H3/t17-/m1/s1. The molecule has 2 aliphatic rings. The summed E-state index contributed by atoms with van der Waals surface area (Å²) in [6.07, 6.45) is -0.808. The Labute approximate surface area is 166 Å². The molecule has 138 valence electrons. The summed E-state index contributed by atoms with van der Waals surface area (Å²) in [6.45, 7) is 1.33. The van der Waals surface area contributed by atoms with Crippen molar-refractivity contribution < 1.29 is 23.9 Å². The lowest BCUT2D eigenvalue weighted by atomic mass is 10.1. The van der Waals surface area contributed by atoms with Crippen LogP contribution in [0, 0.1) is 13.7 Å². The molecule has 9 nitrogen and oxygen atoms in total. The number of nitrogens with zero attached hydrogens (tertiary/aromatic N) is 3. The van der Waals surface area contributed by atoms with Gasteiger partial charge >= 0.3 is 0 Å². The van der Waals surface area contributed by atoms with Gasteiger partial charge in [0.15, 0.2) is 11.5 Å². The monoisotopic (exact) mass is 481 g/mol. The Morgan fingerprint density at radius 2 is 2.04 bits per heavy atom. The summed E-state index contributed by atoms with van der Waals surface area (Å²) in [6, 6.07) is 10.1. The third-order valence-corrected chi connectivity index (χ3v) is 4.69. The molecule has 0 spiro atoms. The van der Waals surface area contributed by atoms with Gasteiger partial charge in [-0.3, -0.25) is 14.9 Å². The van der Waals surface area contributed by atoms with Crippen LogP contribution in [-0.2, 0) is 9.53 Å². The van der Waals surface area contributed by atoms with Crippen LogP contribution >= 0.6 is 22.6 Å². The van der Waals surface area contributed by atoms with Crippen molar-refractivity contribution in [3.8, 4) is 11.5 Å². The fraction of sp³-hybridized carbons (Fsp3) is 0.176. The van der Waals surface area contributed by atoms with E-state index in [1.54, 1.807) is 6.07 Å². The molecular formula is C17H12IN3O6. The lowest BCUT2D eigenvalue weighted by Gasteiger charge is -2.19. The number of fused-ring (bicyclic) bond motifs is 1. The number of halogens is 1. The molecule has 27 heavy (non-hydrogen) atoms. The molecular weight excluding hydrogens is 469 g/mol. The van der Waals surface area contributed by atoms with E-state index < -0.39 is 11.2 Å². The largest absolute Gasteiger partial charge is 0.454 e. The molecule has 1 atom stereocenters. The molecule has 2 aromatic rings. The topological polar surface area (TPSA) is 104 Å². The van der Waals surface area contributed by atoms with E-state index >= 15 is 0 Å². The van der Waals surface area contributed by atoms with Crippen LogP contribution in [0.15, 0.2) is 41.5 Å².